The van der Waals surface area contributed by atoms with Crippen molar-refractivity contribution in [3.05, 3.63) is 33.9 Å². The molecule has 1 aromatic heterocycles. The lowest BCUT2D eigenvalue weighted by Gasteiger charge is -2.07. The van der Waals surface area contributed by atoms with Crippen LogP contribution in [0, 0.1) is 0 Å². The van der Waals surface area contributed by atoms with E-state index in [-0.39, 0.29) is 43.1 Å². The van der Waals surface area contributed by atoms with Crippen LogP contribution in [0.4, 0.5) is 0 Å². The normalized spacial score (nSPS) is 10.7. The van der Waals surface area contributed by atoms with Gasteiger partial charge in [-0.15, -0.1) is 0 Å². The zero-order chi connectivity index (χ0) is 18.6. The molecule has 0 saturated heterocycles. The molecule has 0 amide bonds. The molecule has 0 bridgehead atoms. The topological polar surface area (TPSA) is 74.6 Å². The van der Waals surface area contributed by atoms with Gasteiger partial charge in [0.15, 0.2) is 5.78 Å². The number of halogens is 1. The molecule has 0 radical (unpaired) electrons. The fraction of sp³-hybridized carbons (Fsp3) is 0.389. The predicted molar refractivity (Wildman–Crippen MR) is 96.8 cm³/mol. The zero-order valence-electron chi connectivity index (χ0n) is 14.4. The van der Waals surface area contributed by atoms with E-state index in [4.69, 9.17) is 9.47 Å². The number of para-hydroxylation sites is 1. The highest BCUT2D eigenvalue weighted by molar-refractivity contribution is 9.10. The number of hydrogen-bond donors (Lipinski definition) is 0. The second-order valence-electron chi connectivity index (χ2n) is 5.37. The van der Waals surface area contributed by atoms with Crippen molar-refractivity contribution in [1.29, 1.82) is 0 Å². The van der Waals surface area contributed by atoms with Crippen LogP contribution in [0.15, 0.2) is 22.7 Å². The Balaban J connectivity index is 2.51. The number of aryl methyl sites for hydroxylation is 1. The molecule has 25 heavy (non-hydrogen) atoms. The number of nitrogens with zero attached hydrogens (tertiary/aromatic N) is 1. The first-order valence-electron chi connectivity index (χ1n) is 8.05. The number of esters is 2. The van der Waals surface area contributed by atoms with Crippen molar-refractivity contribution in [3.63, 3.8) is 0 Å². The fourth-order valence-corrected chi connectivity index (χ4v) is 3.39. The fourth-order valence-electron chi connectivity index (χ4n) is 2.76. The molecule has 0 aliphatic rings. The van der Waals surface area contributed by atoms with E-state index in [1.54, 1.807) is 37.6 Å². The number of ketones is 1. The number of ether oxygens (including phenoxy) is 2. The van der Waals surface area contributed by atoms with Gasteiger partial charge in [0.25, 0.3) is 0 Å². The van der Waals surface area contributed by atoms with E-state index < -0.39 is 11.9 Å². The Labute approximate surface area is 154 Å². The van der Waals surface area contributed by atoms with E-state index >= 15 is 0 Å². The Kier molecular flexibility index (Phi) is 6.36. The third kappa shape index (κ3) is 3.92. The number of Topliss-reactive ketones (excluding diaryl/α,β-unsaturated/α-hetero) is 1. The quantitative estimate of drug-likeness (QED) is 0.515. The summed E-state index contributed by atoms with van der Waals surface area (Å²) in [5, 5.41) is 0.647. The second kappa shape index (κ2) is 8.29. The summed E-state index contributed by atoms with van der Waals surface area (Å²) in [6, 6.07) is 5.41. The van der Waals surface area contributed by atoms with Gasteiger partial charge in [0.05, 0.1) is 30.7 Å². The summed E-state index contributed by atoms with van der Waals surface area (Å²) < 4.78 is 12.4. The van der Waals surface area contributed by atoms with Crippen LogP contribution < -0.4 is 0 Å². The van der Waals surface area contributed by atoms with Gasteiger partial charge in [0.1, 0.15) is 5.69 Å². The van der Waals surface area contributed by atoms with Gasteiger partial charge >= 0.3 is 11.9 Å². The van der Waals surface area contributed by atoms with E-state index in [9.17, 15) is 14.4 Å². The van der Waals surface area contributed by atoms with Gasteiger partial charge < -0.3 is 14.0 Å². The van der Waals surface area contributed by atoms with Gasteiger partial charge in [-0.2, -0.15) is 0 Å². The Hall–Kier alpha value is -2.15. The predicted octanol–water partition coefficient (Wildman–Crippen LogP) is 3.64. The number of rotatable bonds is 7. The van der Waals surface area contributed by atoms with Crippen LogP contribution in [0.25, 0.3) is 10.9 Å². The van der Waals surface area contributed by atoms with Gasteiger partial charge in [-0.05, 0) is 35.8 Å². The third-order valence-corrected chi connectivity index (χ3v) is 4.41. The van der Waals surface area contributed by atoms with Gasteiger partial charge in [-0.1, -0.05) is 12.1 Å². The number of aromatic nitrogens is 1. The molecule has 6 nitrogen and oxygen atoms in total. The zero-order valence-corrected chi connectivity index (χ0v) is 16.0. The molecule has 0 atom stereocenters. The summed E-state index contributed by atoms with van der Waals surface area (Å²) in [6.45, 7) is 3.89. The van der Waals surface area contributed by atoms with E-state index in [0.717, 1.165) is 9.99 Å². The summed E-state index contributed by atoms with van der Waals surface area (Å²) in [6.07, 6.45) is -0.0593. The SMILES string of the molecule is CCOC(=O)CCC(=O)c1c(C(=O)OCC)n(C)c2c(Br)cccc12. The van der Waals surface area contributed by atoms with Crippen LogP contribution in [0.2, 0.25) is 0 Å². The molecule has 0 unspecified atom stereocenters. The molecular formula is C18H20BrNO5. The molecule has 2 rings (SSSR count). The highest BCUT2D eigenvalue weighted by Crippen LogP contribution is 2.32. The van der Waals surface area contributed by atoms with Crippen LogP contribution >= 0.6 is 15.9 Å². The smallest absolute Gasteiger partial charge is 0.355 e. The van der Waals surface area contributed by atoms with Gasteiger partial charge in [0.2, 0.25) is 0 Å². The van der Waals surface area contributed by atoms with E-state index in [2.05, 4.69) is 15.9 Å². The molecule has 0 saturated carbocycles. The Bertz CT molecular complexity index is 824. The highest BCUT2D eigenvalue weighted by atomic mass is 79.9. The van der Waals surface area contributed by atoms with Crippen molar-refractivity contribution in [2.75, 3.05) is 13.2 Å². The van der Waals surface area contributed by atoms with Crippen LogP contribution in [0.1, 0.15) is 47.5 Å². The van der Waals surface area contributed by atoms with Crippen molar-refractivity contribution in [2.24, 2.45) is 7.05 Å². The van der Waals surface area contributed by atoms with Crippen molar-refractivity contribution in [2.45, 2.75) is 26.7 Å². The second-order valence-corrected chi connectivity index (χ2v) is 6.22. The Morgan fingerprint density at radius 1 is 1.08 bits per heavy atom. The molecule has 134 valence electrons. The summed E-state index contributed by atoms with van der Waals surface area (Å²) in [4.78, 5) is 36.7. The minimum absolute atomic E-state index is 0.0284. The van der Waals surface area contributed by atoms with Crippen LogP contribution in [-0.2, 0) is 21.3 Å². The van der Waals surface area contributed by atoms with E-state index in [1.165, 1.54) is 0 Å². The molecule has 1 heterocycles. The van der Waals surface area contributed by atoms with Crippen molar-refractivity contribution in [1.82, 2.24) is 4.57 Å². The minimum atomic E-state index is -0.562. The number of fused-ring (bicyclic) bond motifs is 1. The summed E-state index contributed by atoms with van der Waals surface area (Å²) in [7, 11) is 1.71. The van der Waals surface area contributed by atoms with Gasteiger partial charge in [0, 0.05) is 23.3 Å². The molecule has 1 aromatic carbocycles. The van der Waals surface area contributed by atoms with Crippen LogP contribution in [-0.4, -0.2) is 35.5 Å². The number of benzene rings is 1. The molecule has 0 spiro atoms. The summed E-state index contributed by atoms with van der Waals surface area (Å²) in [5.74, 6) is -1.29. The van der Waals surface area contributed by atoms with Gasteiger partial charge in [-0.3, -0.25) is 9.59 Å². The van der Waals surface area contributed by atoms with E-state index in [0.29, 0.717) is 5.39 Å². The first kappa shape index (κ1) is 19.2. The maximum atomic E-state index is 12.8. The minimum Gasteiger partial charge on any atom is -0.466 e. The van der Waals surface area contributed by atoms with Crippen LogP contribution in [0.3, 0.4) is 0 Å². The monoisotopic (exact) mass is 409 g/mol. The Morgan fingerprint density at radius 2 is 1.76 bits per heavy atom. The molecule has 0 N–H and O–H groups in total. The lowest BCUT2D eigenvalue weighted by atomic mass is 10.0. The molecule has 0 fully saturated rings. The summed E-state index contributed by atoms with van der Waals surface area (Å²) >= 11 is 3.46. The number of carbonyl (C=O) groups is 3. The first-order valence-corrected chi connectivity index (χ1v) is 8.84. The van der Waals surface area contributed by atoms with Crippen molar-refractivity contribution >= 4 is 44.6 Å². The maximum Gasteiger partial charge on any atom is 0.355 e. The van der Waals surface area contributed by atoms with Crippen LogP contribution in [0.5, 0.6) is 0 Å². The third-order valence-electron chi connectivity index (χ3n) is 3.77. The highest BCUT2D eigenvalue weighted by Gasteiger charge is 2.27. The Morgan fingerprint density at radius 3 is 2.40 bits per heavy atom. The molecule has 0 aliphatic carbocycles. The average Bonchev–Trinajstić information content (AvgIpc) is 2.87. The lowest BCUT2D eigenvalue weighted by Crippen LogP contribution is -2.15. The van der Waals surface area contributed by atoms with E-state index in [1.807, 2.05) is 6.07 Å². The van der Waals surface area contributed by atoms with Crippen molar-refractivity contribution < 1.29 is 23.9 Å². The number of hydrogen-bond acceptors (Lipinski definition) is 5. The summed E-state index contributed by atoms with van der Waals surface area (Å²) in [5.41, 5.74) is 1.20. The molecule has 7 heteroatoms. The maximum absolute atomic E-state index is 12.8. The average molecular weight is 410 g/mol. The lowest BCUT2D eigenvalue weighted by molar-refractivity contribution is -0.143. The van der Waals surface area contributed by atoms with Gasteiger partial charge in [-0.25, -0.2) is 4.79 Å². The number of carbonyl (C=O) groups excluding carboxylic acids is 3. The molecule has 2 aromatic rings. The molecule has 0 aliphatic heterocycles. The van der Waals surface area contributed by atoms with Crippen molar-refractivity contribution in [3.8, 4) is 0 Å². The first-order chi connectivity index (χ1) is 11.9. The largest absolute Gasteiger partial charge is 0.466 e. The molecular weight excluding hydrogens is 390 g/mol. The standard InChI is InChI=1S/C18H20BrNO5/c1-4-24-14(22)10-9-13(21)15-11-7-6-8-12(19)16(11)20(3)17(15)18(23)25-5-2/h6-8H,4-5,9-10H2,1-3H3.